The molecule has 1 atom stereocenters. The predicted molar refractivity (Wildman–Crippen MR) is 98.5 cm³/mol. The molecular formula is C17H20N2O5S2. The zero-order chi connectivity index (χ0) is 19.2. The number of benzene rings is 1. The zero-order valence-electron chi connectivity index (χ0n) is 14.1. The molecule has 2 amide bonds. The van der Waals surface area contributed by atoms with E-state index in [1.165, 1.54) is 23.5 Å². The normalized spacial score (nSPS) is 12.4. The van der Waals surface area contributed by atoms with Gasteiger partial charge in [0, 0.05) is 18.0 Å². The second kappa shape index (κ2) is 8.93. The van der Waals surface area contributed by atoms with Gasteiger partial charge >= 0.3 is 11.8 Å². The van der Waals surface area contributed by atoms with Gasteiger partial charge in [-0.3, -0.25) is 9.59 Å². The Kier molecular flexibility index (Phi) is 6.90. The molecule has 0 unspecified atom stereocenters. The molecule has 0 aliphatic heterocycles. The minimum atomic E-state index is -3.76. The number of carbonyl (C=O) groups excluding carboxylic acids is 2. The van der Waals surface area contributed by atoms with Gasteiger partial charge < -0.3 is 15.7 Å². The maximum Gasteiger partial charge on any atom is 0.309 e. The molecule has 0 aliphatic carbocycles. The smallest absolute Gasteiger partial charge is 0.309 e. The van der Waals surface area contributed by atoms with Crippen LogP contribution in [0.1, 0.15) is 15.7 Å². The van der Waals surface area contributed by atoms with Crippen LogP contribution in [0, 0.1) is 6.92 Å². The number of aryl methyl sites for hydroxylation is 1. The predicted octanol–water partition coefficient (Wildman–Crippen LogP) is 0.796. The third-order valence-electron chi connectivity index (χ3n) is 3.64. The summed E-state index contributed by atoms with van der Waals surface area (Å²) >= 11 is 1.27. The van der Waals surface area contributed by atoms with Crippen molar-refractivity contribution in [1.29, 1.82) is 0 Å². The summed E-state index contributed by atoms with van der Waals surface area (Å²) in [5.41, 5.74) is 0.936. The van der Waals surface area contributed by atoms with E-state index in [-0.39, 0.29) is 24.6 Å². The molecule has 140 valence electrons. The van der Waals surface area contributed by atoms with Crippen LogP contribution in [-0.2, 0) is 19.4 Å². The third-order valence-corrected chi connectivity index (χ3v) is 6.87. The van der Waals surface area contributed by atoms with Crippen molar-refractivity contribution < 1.29 is 23.1 Å². The topological polar surface area (TPSA) is 113 Å². The molecule has 0 spiro atoms. The Morgan fingerprint density at radius 3 is 2.35 bits per heavy atom. The third kappa shape index (κ3) is 4.90. The molecular weight excluding hydrogens is 376 g/mol. The van der Waals surface area contributed by atoms with Crippen LogP contribution >= 0.6 is 11.3 Å². The number of rotatable bonds is 7. The van der Waals surface area contributed by atoms with Gasteiger partial charge in [-0.15, -0.1) is 11.3 Å². The molecule has 0 radical (unpaired) electrons. The Labute approximate surface area is 156 Å². The molecule has 0 bridgehead atoms. The van der Waals surface area contributed by atoms with Gasteiger partial charge in [-0.25, -0.2) is 8.42 Å². The van der Waals surface area contributed by atoms with Crippen LogP contribution in [0.15, 0.2) is 46.7 Å². The van der Waals surface area contributed by atoms with E-state index < -0.39 is 26.9 Å². The van der Waals surface area contributed by atoms with E-state index in [2.05, 4.69) is 10.6 Å². The average molecular weight is 396 g/mol. The van der Waals surface area contributed by atoms with Crippen LogP contribution in [0.25, 0.3) is 0 Å². The number of aliphatic hydroxyl groups excluding tert-OH is 1. The summed E-state index contributed by atoms with van der Waals surface area (Å²) < 4.78 is 26.0. The Morgan fingerprint density at radius 2 is 1.77 bits per heavy atom. The largest absolute Gasteiger partial charge is 0.395 e. The average Bonchev–Trinajstić information content (AvgIpc) is 3.14. The fraction of sp³-hybridized carbons (Fsp3) is 0.294. The summed E-state index contributed by atoms with van der Waals surface area (Å²) in [5, 5.41) is 14.0. The van der Waals surface area contributed by atoms with E-state index in [1.54, 1.807) is 29.6 Å². The number of nitrogens with one attached hydrogen (secondary N) is 2. The highest BCUT2D eigenvalue weighted by atomic mass is 32.2. The van der Waals surface area contributed by atoms with E-state index in [0.717, 1.165) is 5.56 Å². The van der Waals surface area contributed by atoms with E-state index in [0.29, 0.717) is 4.88 Å². The minimum absolute atomic E-state index is 0.0533. The fourth-order valence-electron chi connectivity index (χ4n) is 2.25. The van der Waals surface area contributed by atoms with Gasteiger partial charge in [0.1, 0.15) is 5.25 Å². The second-order valence-corrected chi connectivity index (χ2v) is 8.66. The van der Waals surface area contributed by atoms with Gasteiger partial charge in [-0.2, -0.15) is 0 Å². The van der Waals surface area contributed by atoms with Gasteiger partial charge in [-0.05, 0) is 30.5 Å². The summed E-state index contributed by atoms with van der Waals surface area (Å²) in [5.74, 6) is -1.86. The quantitative estimate of drug-likeness (QED) is 0.599. The van der Waals surface area contributed by atoms with Crippen molar-refractivity contribution in [2.45, 2.75) is 17.1 Å². The van der Waals surface area contributed by atoms with Gasteiger partial charge in [-0.1, -0.05) is 23.8 Å². The number of sulfone groups is 1. The minimum Gasteiger partial charge on any atom is -0.395 e. The van der Waals surface area contributed by atoms with Crippen molar-refractivity contribution >= 4 is 33.0 Å². The van der Waals surface area contributed by atoms with Crippen molar-refractivity contribution in [2.75, 3.05) is 19.7 Å². The molecule has 0 saturated carbocycles. The SMILES string of the molecule is Cc1ccc(S(=O)(=O)[C@H](CNC(=O)C(=O)NCCO)c2cccs2)cc1. The van der Waals surface area contributed by atoms with E-state index >= 15 is 0 Å². The number of hydrogen-bond acceptors (Lipinski definition) is 6. The lowest BCUT2D eigenvalue weighted by molar-refractivity contribution is -0.139. The van der Waals surface area contributed by atoms with Crippen molar-refractivity contribution in [3.8, 4) is 0 Å². The molecule has 0 saturated heterocycles. The van der Waals surface area contributed by atoms with E-state index in [4.69, 9.17) is 5.11 Å². The van der Waals surface area contributed by atoms with E-state index in [9.17, 15) is 18.0 Å². The molecule has 3 N–H and O–H groups in total. The van der Waals surface area contributed by atoms with Crippen LogP contribution in [0.4, 0.5) is 0 Å². The number of carbonyl (C=O) groups is 2. The standard InChI is InChI=1S/C17H20N2O5S2/c1-12-4-6-13(7-5-12)26(23,24)15(14-3-2-10-25-14)11-19-17(22)16(21)18-8-9-20/h2-7,10,15,20H,8-9,11H2,1H3,(H,18,21)(H,19,22)/t15-/m1/s1. The summed E-state index contributed by atoms with van der Waals surface area (Å²) in [7, 11) is -3.76. The van der Waals surface area contributed by atoms with Crippen LogP contribution in [-0.4, -0.2) is 45.0 Å². The molecule has 1 heterocycles. The Morgan fingerprint density at radius 1 is 1.12 bits per heavy atom. The molecule has 7 nitrogen and oxygen atoms in total. The molecule has 1 aromatic heterocycles. The molecule has 2 rings (SSSR count). The highest BCUT2D eigenvalue weighted by Gasteiger charge is 2.31. The Balaban J connectivity index is 2.21. The second-order valence-electron chi connectivity index (χ2n) is 5.55. The van der Waals surface area contributed by atoms with E-state index in [1.807, 2.05) is 6.92 Å². The fourth-order valence-corrected chi connectivity index (χ4v) is 5.03. The van der Waals surface area contributed by atoms with Crippen LogP contribution in [0.2, 0.25) is 0 Å². The van der Waals surface area contributed by atoms with Crippen LogP contribution in [0.5, 0.6) is 0 Å². The molecule has 9 heteroatoms. The highest BCUT2D eigenvalue weighted by molar-refractivity contribution is 7.91. The number of hydrogen-bond donors (Lipinski definition) is 3. The Bertz CT molecular complexity index is 846. The lowest BCUT2D eigenvalue weighted by atomic mass is 10.2. The van der Waals surface area contributed by atoms with Gasteiger partial charge in [0.05, 0.1) is 11.5 Å². The number of thiophene rings is 1. The summed E-state index contributed by atoms with van der Waals surface area (Å²) in [6.45, 7) is 1.28. The van der Waals surface area contributed by atoms with Crippen LogP contribution < -0.4 is 10.6 Å². The molecule has 26 heavy (non-hydrogen) atoms. The maximum atomic E-state index is 13.0. The lowest BCUT2D eigenvalue weighted by Gasteiger charge is -2.17. The van der Waals surface area contributed by atoms with Crippen molar-refractivity contribution in [2.24, 2.45) is 0 Å². The lowest BCUT2D eigenvalue weighted by Crippen LogP contribution is -2.43. The first kappa shape index (κ1) is 20.1. The summed E-state index contributed by atoms with van der Waals surface area (Å²) in [4.78, 5) is 24.1. The van der Waals surface area contributed by atoms with Crippen molar-refractivity contribution in [1.82, 2.24) is 10.6 Å². The highest BCUT2D eigenvalue weighted by Crippen LogP contribution is 2.31. The number of aliphatic hydroxyl groups is 1. The summed E-state index contributed by atoms with van der Waals surface area (Å²) in [6.07, 6.45) is 0. The zero-order valence-corrected chi connectivity index (χ0v) is 15.8. The number of amides is 2. The monoisotopic (exact) mass is 396 g/mol. The van der Waals surface area contributed by atoms with Crippen LogP contribution in [0.3, 0.4) is 0 Å². The first-order valence-electron chi connectivity index (χ1n) is 7.87. The first-order valence-corrected chi connectivity index (χ1v) is 10.3. The molecule has 2 aromatic rings. The molecule has 0 fully saturated rings. The summed E-state index contributed by atoms with van der Waals surface area (Å²) in [6, 6.07) is 9.88. The maximum absolute atomic E-state index is 13.0. The van der Waals surface area contributed by atoms with Crippen molar-refractivity contribution in [3.63, 3.8) is 0 Å². The Hall–Kier alpha value is -2.23. The first-order chi connectivity index (χ1) is 12.4. The van der Waals surface area contributed by atoms with Crippen molar-refractivity contribution in [3.05, 3.63) is 52.2 Å². The van der Waals surface area contributed by atoms with Gasteiger partial charge in [0.15, 0.2) is 9.84 Å². The molecule has 1 aromatic carbocycles. The molecule has 0 aliphatic rings. The van der Waals surface area contributed by atoms with Gasteiger partial charge in [0.25, 0.3) is 0 Å². The van der Waals surface area contributed by atoms with Gasteiger partial charge in [0.2, 0.25) is 0 Å².